The molecule has 4 rings (SSSR count). The Bertz CT molecular complexity index is 1330. The number of nitrogens with one attached hydrogen (secondary N) is 1. The number of aromatic nitrogens is 4. The molecule has 0 spiro atoms. The number of aliphatic carboxylic acids is 1. The molecule has 2 aromatic heterocycles. The Hall–Kier alpha value is -2.44. The third kappa shape index (κ3) is 5.60. The molecule has 2 atom stereocenters. The predicted octanol–water partition coefficient (Wildman–Crippen LogP) is -1.55. The van der Waals surface area contributed by atoms with Gasteiger partial charge in [0, 0.05) is 23.9 Å². The number of β-lactam (4-membered cyclic amide) rings is 1. The van der Waals surface area contributed by atoms with E-state index >= 15 is 0 Å². The molecule has 2 aromatic rings. The number of rotatable bonds is 8. The van der Waals surface area contributed by atoms with E-state index in [-0.39, 0.29) is 57.5 Å². The van der Waals surface area contributed by atoms with E-state index in [9.17, 15) is 24.3 Å². The first-order valence-electron chi connectivity index (χ1n) is 9.77. The van der Waals surface area contributed by atoms with Gasteiger partial charge < -0.3 is 21.0 Å². The zero-order valence-electron chi connectivity index (χ0n) is 18.2. The normalized spacial score (nSPS) is 19.2. The summed E-state index contributed by atoms with van der Waals surface area (Å²) in [6, 6.07) is -0.963. The molecule has 2 amide bonds. The van der Waals surface area contributed by atoms with Crippen molar-refractivity contribution in [1.29, 1.82) is 0 Å². The third-order valence-corrected chi connectivity index (χ3v) is 8.02. The quantitative estimate of drug-likeness (QED) is 0.110. The maximum absolute atomic E-state index is 12.9. The molecule has 1 fully saturated rings. The molecule has 2 aliphatic rings. The van der Waals surface area contributed by atoms with E-state index in [2.05, 4.69) is 25.5 Å². The Labute approximate surface area is 238 Å². The van der Waals surface area contributed by atoms with Crippen molar-refractivity contribution in [2.75, 3.05) is 24.3 Å². The predicted molar refractivity (Wildman–Crippen MR) is 135 cm³/mol. The topological polar surface area (TPSA) is 195 Å². The van der Waals surface area contributed by atoms with Crippen LogP contribution in [-0.4, -0.2) is 113 Å². The average Bonchev–Trinajstić information content (AvgIpc) is 3.26. The van der Waals surface area contributed by atoms with Gasteiger partial charge in [-0.1, -0.05) is 16.9 Å². The van der Waals surface area contributed by atoms with Crippen molar-refractivity contribution in [3.05, 3.63) is 38.9 Å². The second-order valence-corrected chi connectivity index (χ2v) is 10.0. The number of nitrogen functional groups attached to an aromatic ring is 1. The van der Waals surface area contributed by atoms with Gasteiger partial charge in [0.25, 0.3) is 17.4 Å². The van der Waals surface area contributed by atoms with E-state index in [1.165, 1.54) is 28.9 Å². The summed E-state index contributed by atoms with van der Waals surface area (Å²) in [4.78, 5) is 63.0. The average molecular weight is 563 g/mol. The summed E-state index contributed by atoms with van der Waals surface area (Å²) in [5.41, 5.74) is 5.48. The van der Waals surface area contributed by atoms with Crippen molar-refractivity contribution in [3.8, 4) is 0 Å². The van der Waals surface area contributed by atoms with Gasteiger partial charge >= 0.3 is 35.5 Å². The van der Waals surface area contributed by atoms with Crippen molar-refractivity contribution >= 4 is 93.0 Å². The van der Waals surface area contributed by atoms with Crippen LogP contribution >= 0.6 is 34.9 Å². The Morgan fingerprint density at radius 2 is 2.14 bits per heavy atom. The van der Waals surface area contributed by atoms with Crippen molar-refractivity contribution in [3.63, 3.8) is 0 Å². The number of hydrogen-bond acceptors (Lipinski definition) is 13. The number of carbonyl (C=O) groups excluding carboxylic acids is 2. The van der Waals surface area contributed by atoms with Crippen LogP contribution in [-0.2, 0) is 26.3 Å². The molecule has 0 bridgehead atoms. The molecule has 4 heterocycles. The summed E-state index contributed by atoms with van der Waals surface area (Å²) in [6.45, 7) is 0. The number of thioether (sulfide) groups is 2. The molecule has 2 aliphatic heterocycles. The molecule has 4 N–H and O–H groups in total. The number of carboxylic acid groups (broad SMARTS) is 1. The molecular weight excluding hydrogens is 543 g/mol. The first kappa shape index (κ1) is 28.1. The number of nitrogens with two attached hydrogens (primary N) is 1. The molecule has 0 saturated carbocycles. The van der Waals surface area contributed by atoms with E-state index in [0.717, 1.165) is 34.2 Å². The Morgan fingerprint density at radius 1 is 1.39 bits per heavy atom. The summed E-state index contributed by atoms with van der Waals surface area (Å²) >= 11 is 3.56. The van der Waals surface area contributed by atoms with Gasteiger partial charge in [-0.15, -0.1) is 23.1 Å². The van der Waals surface area contributed by atoms with Crippen LogP contribution in [0.1, 0.15) is 5.69 Å². The first-order valence-corrected chi connectivity index (χ1v) is 12.7. The van der Waals surface area contributed by atoms with Gasteiger partial charge in [-0.25, -0.2) is 14.5 Å². The second kappa shape index (κ2) is 11.7. The van der Waals surface area contributed by atoms with Gasteiger partial charge in [0.2, 0.25) is 0 Å². The number of oxime groups is 1. The standard InChI is InChI=1S/C18H18N8O6S3.Na.H/c1-25-18(22-9(27)3-20-25)35-5-7-4-33-15-11(14(29)26(15)12(7)16(30)31)23-13(28)10(24-32-2)8-6-34-17(19)21-8;;/h3,6,11,15H,4-5H2,1-2H3,(H2,19,21)(H,23,28)(H,30,31);;/t11-,15-;;/m1../s1. The van der Waals surface area contributed by atoms with Gasteiger partial charge in [-0.05, 0) is 5.57 Å². The fourth-order valence-corrected chi connectivity index (χ4v) is 6.31. The van der Waals surface area contributed by atoms with Gasteiger partial charge in [-0.2, -0.15) is 10.1 Å². The van der Waals surface area contributed by atoms with Gasteiger partial charge in [0.05, 0.1) is 0 Å². The van der Waals surface area contributed by atoms with Crippen LogP contribution in [0.15, 0.2) is 38.0 Å². The zero-order valence-corrected chi connectivity index (χ0v) is 20.6. The van der Waals surface area contributed by atoms with E-state index in [1.54, 1.807) is 7.05 Å². The van der Waals surface area contributed by atoms with Crippen molar-refractivity contribution in [2.24, 2.45) is 12.2 Å². The van der Waals surface area contributed by atoms with Crippen LogP contribution in [0.3, 0.4) is 0 Å². The molecule has 0 aromatic carbocycles. The van der Waals surface area contributed by atoms with E-state index in [4.69, 9.17) is 10.6 Å². The summed E-state index contributed by atoms with van der Waals surface area (Å²) in [7, 11) is 2.87. The monoisotopic (exact) mass is 562 g/mol. The number of amides is 2. The number of carbonyl (C=O) groups is 3. The van der Waals surface area contributed by atoms with Gasteiger partial charge in [-0.3, -0.25) is 19.3 Å². The second-order valence-electron chi connectivity index (χ2n) is 7.10. The summed E-state index contributed by atoms with van der Waals surface area (Å²) in [6.07, 6.45) is 1.08. The summed E-state index contributed by atoms with van der Waals surface area (Å²) in [5.74, 6) is -2.06. The number of nitrogens with zero attached hydrogens (tertiary/aromatic N) is 6. The van der Waals surface area contributed by atoms with Gasteiger partial charge in [0.1, 0.15) is 36.1 Å². The van der Waals surface area contributed by atoms with Gasteiger partial charge in [0.15, 0.2) is 16.0 Å². The molecule has 0 radical (unpaired) electrons. The van der Waals surface area contributed by atoms with Crippen LogP contribution in [0.5, 0.6) is 0 Å². The van der Waals surface area contributed by atoms with Crippen LogP contribution in [0.2, 0.25) is 0 Å². The minimum atomic E-state index is -1.27. The number of aryl methyl sites for hydroxylation is 1. The molecule has 18 heteroatoms. The SMILES string of the molecule is CON=C(C(=O)N[C@@H]1C(=O)N2C(C(=O)O)=C(CSc3nc(=O)cnn3C)CS[C@H]12)c1csc(N)n1.[NaH]. The van der Waals surface area contributed by atoms with E-state index in [0.29, 0.717) is 16.5 Å². The number of carboxylic acids is 1. The van der Waals surface area contributed by atoms with E-state index < -0.39 is 34.8 Å². The summed E-state index contributed by atoms with van der Waals surface area (Å²) in [5, 5.41) is 21.4. The first-order chi connectivity index (χ1) is 16.7. The van der Waals surface area contributed by atoms with Crippen molar-refractivity contribution in [1.82, 2.24) is 30.0 Å². The van der Waals surface area contributed by atoms with Crippen molar-refractivity contribution in [2.45, 2.75) is 16.6 Å². The van der Waals surface area contributed by atoms with Crippen LogP contribution < -0.4 is 16.6 Å². The fraction of sp³-hybridized carbons (Fsp3) is 0.333. The van der Waals surface area contributed by atoms with E-state index in [1.807, 2.05) is 0 Å². The Balaban J connectivity index is 0.00000361. The van der Waals surface area contributed by atoms with Crippen LogP contribution in [0.4, 0.5) is 5.13 Å². The number of thiazole rings is 1. The minimum absolute atomic E-state index is 0. The molecule has 0 unspecified atom stereocenters. The Morgan fingerprint density at radius 3 is 2.78 bits per heavy atom. The van der Waals surface area contributed by atoms with Crippen molar-refractivity contribution < 1.29 is 24.3 Å². The number of hydrogen-bond donors (Lipinski definition) is 3. The molecule has 14 nitrogen and oxygen atoms in total. The number of fused-ring (bicyclic) bond motifs is 1. The molecule has 36 heavy (non-hydrogen) atoms. The molecule has 186 valence electrons. The maximum atomic E-state index is 12.9. The Kier molecular flexibility index (Phi) is 9.18. The molecule has 0 aliphatic carbocycles. The van der Waals surface area contributed by atoms with Crippen LogP contribution in [0, 0.1) is 0 Å². The zero-order chi connectivity index (χ0) is 25.3. The molecular formula is C18H19N8NaO6S3. The van der Waals surface area contributed by atoms with Crippen LogP contribution in [0.25, 0.3) is 0 Å². The third-order valence-electron chi connectivity index (χ3n) is 4.90. The number of anilines is 1. The molecule has 1 saturated heterocycles. The summed E-state index contributed by atoms with van der Waals surface area (Å²) < 4.78 is 1.40. The fourth-order valence-electron chi connectivity index (χ4n) is 3.35.